The molecule has 0 bridgehead atoms. The van der Waals surface area contributed by atoms with Crippen molar-refractivity contribution in [1.29, 1.82) is 0 Å². The molecule has 1 aliphatic heterocycles. The van der Waals surface area contributed by atoms with Crippen molar-refractivity contribution in [2.24, 2.45) is 0 Å². The highest BCUT2D eigenvalue weighted by atomic mass is 19.1. The minimum atomic E-state index is -0.766. The van der Waals surface area contributed by atoms with E-state index in [1.807, 2.05) is 36.4 Å². The van der Waals surface area contributed by atoms with Crippen molar-refractivity contribution < 1.29 is 9.13 Å². The summed E-state index contributed by atoms with van der Waals surface area (Å²) < 4.78 is 19.6. The van der Waals surface area contributed by atoms with E-state index in [2.05, 4.69) is 17.0 Å². The Morgan fingerprint density at radius 2 is 1.79 bits per heavy atom. The lowest BCUT2D eigenvalue weighted by Gasteiger charge is -2.20. The molecule has 2 nitrogen and oxygen atoms in total. The summed E-state index contributed by atoms with van der Waals surface area (Å²) in [6.07, 6.45) is 2.41. The molecule has 1 heterocycles. The quantitative estimate of drug-likeness (QED) is 0.793. The zero-order chi connectivity index (χ0) is 16.8. The summed E-state index contributed by atoms with van der Waals surface area (Å²) >= 11 is 0. The average Bonchev–Trinajstić information content (AvgIpc) is 2.82. The molecule has 1 aliphatic rings. The first-order valence-electron chi connectivity index (χ1n) is 8.81. The highest BCUT2D eigenvalue weighted by Crippen LogP contribution is 2.22. The predicted molar refractivity (Wildman–Crippen MR) is 96.5 cm³/mol. The number of halogens is 1. The lowest BCUT2D eigenvalue weighted by atomic mass is 10.0. The van der Waals surface area contributed by atoms with Crippen LogP contribution in [0.5, 0.6) is 5.75 Å². The summed E-state index contributed by atoms with van der Waals surface area (Å²) in [5.41, 5.74) is 3.86. The molecule has 0 radical (unpaired) electrons. The second-order valence-corrected chi connectivity index (χ2v) is 6.55. The van der Waals surface area contributed by atoms with Gasteiger partial charge in [0.1, 0.15) is 11.9 Å². The fraction of sp³-hybridized carbons (Fsp3) is 0.429. The van der Waals surface area contributed by atoms with E-state index in [-0.39, 0.29) is 0 Å². The normalized spacial score (nSPS) is 16.2. The summed E-state index contributed by atoms with van der Waals surface area (Å²) in [7, 11) is 1.71. The molecule has 2 aromatic carbocycles. The smallest absolute Gasteiger partial charge is 0.119 e. The van der Waals surface area contributed by atoms with Gasteiger partial charge in [0.15, 0.2) is 0 Å². The maximum absolute atomic E-state index is 14.3. The molecule has 24 heavy (non-hydrogen) atoms. The standard InChI is InChI=1S/C21H26FNO/c1-24-21-8-7-18-9-12-23(13-10-19(18)16-21)14-11-20(22)15-17-5-3-2-4-6-17/h2-8,16,20H,9-15H2,1H3. The van der Waals surface area contributed by atoms with Crippen molar-refractivity contribution in [2.45, 2.75) is 31.9 Å². The molecular weight excluding hydrogens is 301 g/mol. The Bertz CT molecular complexity index is 644. The second kappa shape index (κ2) is 8.29. The van der Waals surface area contributed by atoms with Crippen LogP contribution in [0.2, 0.25) is 0 Å². The lowest BCUT2D eigenvalue weighted by Crippen LogP contribution is -2.29. The molecule has 3 heteroatoms. The summed E-state index contributed by atoms with van der Waals surface area (Å²) in [5, 5.41) is 0. The van der Waals surface area contributed by atoms with Crippen molar-refractivity contribution >= 4 is 0 Å². The van der Waals surface area contributed by atoms with E-state index in [0.29, 0.717) is 12.8 Å². The topological polar surface area (TPSA) is 12.5 Å². The van der Waals surface area contributed by atoms with Crippen molar-refractivity contribution in [1.82, 2.24) is 4.90 Å². The molecule has 0 saturated heterocycles. The third-order valence-electron chi connectivity index (χ3n) is 4.87. The number of fused-ring (bicyclic) bond motifs is 1. The molecule has 0 spiro atoms. The maximum Gasteiger partial charge on any atom is 0.119 e. The summed E-state index contributed by atoms with van der Waals surface area (Å²) in [6, 6.07) is 16.3. The van der Waals surface area contributed by atoms with E-state index in [0.717, 1.165) is 43.8 Å². The minimum absolute atomic E-state index is 0.520. The third-order valence-corrected chi connectivity index (χ3v) is 4.87. The minimum Gasteiger partial charge on any atom is -0.497 e. The van der Waals surface area contributed by atoms with Gasteiger partial charge in [0.05, 0.1) is 7.11 Å². The maximum atomic E-state index is 14.3. The van der Waals surface area contributed by atoms with Gasteiger partial charge in [-0.25, -0.2) is 4.39 Å². The Morgan fingerprint density at radius 1 is 1.04 bits per heavy atom. The Hall–Kier alpha value is -1.87. The van der Waals surface area contributed by atoms with Crippen molar-refractivity contribution in [3.63, 3.8) is 0 Å². The number of nitrogens with zero attached hydrogens (tertiary/aromatic N) is 1. The van der Waals surface area contributed by atoms with Gasteiger partial charge >= 0.3 is 0 Å². The molecule has 0 aliphatic carbocycles. The largest absolute Gasteiger partial charge is 0.497 e. The van der Waals surface area contributed by atoms with Crippen LogP contribution in [0.4, 0.5) is 4.39 Å². The fourth-order valence-corrected chi connectivity index (χ4v) is 3.39. The van der Waals surface area contributed by atoms with Gasteiger partial charge in [-0.3, -0.25) is 0 Å². The molecule has 0 N–H and O–H groups in total. The summed E-state index contributed by atoms with van der Waals surface area (Å²) in [5.74, 6) is 0.925. The molecule has 0 aromatic heterocycles. The highest BCUT2D eigenvalue weighted by Gasteiger charge is 2.16. The first-order chi connectivity index (χ1) is 11.7. The van der Waals surface area contributed by atoms with E-state index in [1.54, 1.807) is 7.11 Å². The Kier molecular flexibility index (Phi) is 5.86. The zero-order valence-corrected chi connectivity index (χ0v) is 14.4. The van der Waals surface area contributed by atoms with Gasteiger partial charge in [0, 0.05) is 26.1 Å². The second-order valence-electron chi connectivity index (χ2n) is 6.55. The first kappa shape index (κ1) is 17.0. The number of alkyl halides is 1. The summed E-state index contributed by atoms with van der Waals surface area (Å²) in [6.45, 7) is 2.84. The Balaban J connectivity index is 1.49. The third kappa shape index (κ3) is 4.57. The molecule has 0 saturated carbocycles. The van der Waals surface area contributed by atoms with Crippen LogP contribution in [0, 0.1) is 0 Å². The molecule has 1 atom stereocenters. The van der Waals surface area contributed by atoms with Crippen LogP contribution in [-0.4, -0.2) is 37.8 Å². The average molecular weight is 327 g/mol. The van der Waals surface area contributed by atoms with Crippen LogP contribution >= 0.6 is 0 Å². The van der Waals surface area contributed by atoms with Gasteiger partial charge in [-0.1, -0.05) is 36.4 Å². The van der Waals surface area contributed by atoms with Gasteiger partial charge < -0.3 is 9.64 Å². The van der Waals surface area contributed by atoms with E-state index in [1.165, 1.54) is 11.1 Å². The van der Waals surface area contributed by atoms with Gasteiger partial charge in [-0.15, -0.1) is 0 Å². The molecule has 0 amide bonds. The fourth-order valence-electron chi connectivity index (χ4n) is 3.39. The van der Waals surface area contributed by atoms with Crippen molar-refractivity contribution in [3.8, 4) is 5.75 Å². The monoisotopic (exact) mass is 327 g/mol. The Labute approximate surface area is 144 Å². The van der Waals surface area contributed by atoms with E-state index in [9.17, 15) is 4.39 Å². The van der Waals surface area contributed by atoms with Crippen LogP contribution < -0.4 is 4.74 Å². The zero-order valence-electron chi connectivity index (χ0n) is 14.4. The molecule has 0 fully saturated rings. The highest BCUT2D eigenvalue weighted by molar-refractivity contribution is 5.36. The summed E-state index contributed by atoms with van der Waals surface area (Å²) in [4.78, 5) is 2.39. The SMILES string of the molecule is COc1ccc2c(c1)CCN(CCC(F)Cc1ccccc1)CC2. The lowest BCUT2D eigenvalue weighted by molar-refractivity contribution is 0.229. The number of hydrogen-bond acceptors (Lipinski definition) is 2. The van der Waals surface area contributed by atoms with E-state index < -0.39 is 6.17 Å². The molecule has 2 aromatic rings. The predicted octanol–water partition coefficient (Wildman–Crippen LogP) is 4.07. The van der Waals surface area contributed by atoms with Crippen molar-refractivity contribution in [2.75, 3.05) is 26.7 Å². The molecule has 128 valence electrons. The van der Waals surface area contributed by atoms with Crippen molar-refractivity contribution in [3.05, 3.63) is 65.2 Å². The van der Waals surface area contributed by atoms with Crippen LogP contribution in [0.1, 0.15) is 23.1 Å². The Morgan fingerprint density at radius 3 is 2.54 bits per heavy atom. The van der Waals surface area contributed by atoms with Crippen LogP contribution in [-0.2, 0) is 19.3 Å². The molecule has 3 rings (SSSR count). The van der Waals surface area contributed by atoms with Gasteiger partial charge in [-0.05, 0) is 48.1 Å². The number of benzene rings is 2. The number of ether oxygens (including phenoxy) is 1. The van der Waals surface area contributed by atoms with Crippen LogP contribution in [0.15, 0.2) is 48.5 Å². The number of rotatable bonds is 6. The molecule has 1 unspecified atom stereocenters. The number of methoxy groups -OCH3 is 1. The first-order valence-corrected chi connectivity index (χ1v) is 8.81. The van der Waals surface area contributed by atoms with Crippen LogP contribution in [0.3, 0.4) is 0 Å². The van der Waals surface area contributed by atoms with Gasteiger partial charge in [0.25, 0.3) is 0 Å². The molecular formula is C21H26FNO. The van der Waals surface area contributed by atoms with Crippen LogP contribution in [0.25, 0.3) is 0 Å². The van der Waals surface area contributed by atoms with E-state index in [4.69, 9.17) is 4.74 Å². The number of hydrogen-bond donors (Lipinski definition) is 0. The van der Waals surface area contributed by atoms with Gasteiger partial charge in [0.2, 0.25) is 0 Å². The van der Waals surface area contributed by atoms with Gasteiger partial charge in [-0.2, -0.15) is 0 Å². The van der Waals surface area contributed by atoms with E-state index >= 15 is 0 Å².